The molecule has 6 heavy (non-hydrogen) atoms. The van der Waals surface area contributed by atoms with Crippen LogP contribution in [-0.2, 0) is 0 Å². The first-order valence-electron chi connectivity index (χ1n) is 2.12. The molecule has 0 aromatic carbocycles. The lowest BCUT2D eigenvalue weighted by Crippen LogP contribution is -2.09. The minimum Gasteiger partial charge on any atom is -0.317 e. The SMILES string of the molecule is CCNCC.[Al]. The summed E-state index contributed by atoms with van der Waals surface area (Å²) in [7, 11) is 0. The summed E-state index contributed by atoms with van der Waals surface area (Å²) in [5, 5.41) is 3.11. The lowest BCUT2D eigenvalue weighted by atomic mass is 10.7. The van der Waals surface area contributed by atoms with Crippen LogP contribution in [0.4, 0.5) is 0 Å². The number of hydrogen-bond acceptors (Lipinski definition) is 1. The third-order valence-electron chi connectivity index (χ3n) is 0.500. The van der Waals surface area contributed by atoms with Crippen LogP contribution in [0.15, 0.2) is 0 Å². The summed E-state index contributed by atoms with van der Waals surface area (Å²) >= 11 is 0. The van der Waals surface area contributed by atoms with Crippen molar-refractivity contribution in [3.05, 3.63) is 0 Å². The maximum atomic E-state index is 3.11. The second kappa shape index (κ2) is 9.09. The first kappa shape index (κ1) is 9.70. The molecular weight excluding hydrogens is 89.0 g/mol. The zero-order valence-corrected chi connectivity index (χ0v) is 5.65. The maximum absolute atomic E-state index is 3.11. The van der Waals surface area contributed by atoms with Gasteiger partial charge in [-0.1, -0.05) is 13.8 Å². The van der Waals surface area contributed by atoms with Gasteiger partial charge < -0.3 is 5.32 Å². The van der Waals surface area contributed by atoms with Crippen molar-refractivity contribution in [1.29, 1.82) is 0 Å². The van der Waals surface area contributed by atoms with Crippen LogP contribution in [-0.4, -0.2) is 30.5 Å². The van der Waals surface area contributed by atoms with Gasteiger partial charge in [-0.05, 0) is 13.1 Å². The molecule has 1 nitrogen and oxygen atoms in total. The fraction of sp³-hybridized carbons (Fsp3) is 1.00. The van der Waals surface area contributed by atoms with Crippen LogP contribution in [0.1, 0.15) is 13.8 Å². The van der Waals surface area contributed by atoms with Gasteiger partial charge >= 0.3 is 0 Å². The summed E-state index contributed by atoms with van der Waals surface area (Å²) < 4.78 is 0. The molecular formula is C4H11AlN. The predicted molar refractivity (Wildman–Crippen MR) is 30.0 cm³/mol. The molecule has 1 N–H and O–H groups in total. The molecule has 0 aliphatic carbocycles. The van der Waals surface area contributed by atoms with E-state index in [1.165, 1.54) is 0 Å². The van der Waals surface area contributed by atoms with E-state index in [0.29, 0.717) is 0 Å². The monoisotopic (exact) mass is 100 g/mol. The quantitative estimate of drug-likeness (QED) is 0.490. The largest absolute Gasteiger partial charge is 0.317 e. The van der Waals surface area contributed by atoms with Crippen LogP contribution in [0.3, 0.4) is 0 Å². The van der Waals surface area contributed by atoms with Crippen molar-refractivity contribution in [3.8, 4) is 0 Å². The smallest absolute Gasteiger partial charge is 0 e. The zero-order chi connectivity index (χ0) is 4.12. The van der Waals surface area contributed by atoms with Gasteiger partial charge in [-0.15, -0.1) is 0 Å². The molecule has 0 saturated carbocycles. The molecule has 0 aromatic heterocycles. The normalized spacial score (nSPS) is 7.00. The molecule has 2 heteroatoms. The highest BCUT2D eigenvalue weighted by Gasteiger charge is 1.62. The third kappa shape index (κ3) is 8.82. The van der Waals surface area contributed by atoms with Crippen molar-refractivity contribution < 1.29 is 0 Å². The lowest BCUT2D eigenvalue weighted by molar-refractivity contribution is 0.762. The second-order valence-electron chi connectivity index (χ2n) is 0.957. The Morgan fingerprint density at radius 1 is 1.17 bits per heavy atom. The minimum atomic E-state index is 0. The van der Waals surface area contributed by atoms with E-state index in [1.54, 1.807) is 0 Å². The molecule has 0 aromatic rings. The fourth-order valence-electron chi connectivity index (χ4n) is 0.250. The van der Waals surface area contributed by atoms with Crippen LogP contribution in [0.2, 0.25) is 0 Å². The van der Waals surface area contributed by atoms with Crippen molar-refractivity contribution in [2.24, 2.45) is 0 Å². The van der Waals surface area contributed by atoms with Crippen molar-refractivity contribution in [3.63, 3.8) is 0 Å². The Morgan fingerprint density at radius 3 is 1.50 bits per heavy atom. The van der Waals surface area contributed by atoms with Crippen molar-refractivity contribution >= 4 is 17.4 Å². The van der Waals surface area contributed by atoms with Crippen molar-refractivity contribution in [1.82, 2.24) is 5.32 Å². The Balaban J connectivity index is 0. The van der Waals surface area contributed by atoms with Crippen LogP contribution in [0.5, 0.6) is 0 Å². The summed E-state index contributed by atoms with van der Waals surface area (Å²) in [6.45, 7) is 6.39. The summed E-state index contributed by atoms with van der Waals surface area (Å²) in [6.07, 6.45) is 0. The molecule has 3 radical (unpaired) electrons. The fourth-order valence-corrected chi connectivity index (χ4v) is 0.250. The lowest BCUT2D eigenvalue weighted by Gasteiger charge is -1.86. The molecule has 0 saturated heterocycles. The molecule has 0 fully saturated rings. The van der Waals surface area contributed by atoms with E-state index < -0.39 is 0 Å². The van der Waals surface area contributed by atoms with E-state index in [9.17, 15) is 0 Å². The van der Waals surface area contributed by atoms with Gasteiger partial charge in [0.25, 0.3) is 0 Å². The van der Waals surface area contributed by atoms with Crippen molar-refractivity contribution in [2.75, 3.05) is 13.1 Å². The van der Waals surface area contributed by atoms with Gasteiger partial charge in [-0.2, -0.15) is 0 Å². The zero-order valence-electron chi connectivity index (χ0n) is 4.49. The summed E-state index contributed by atoms with van der Waals surface area (Å²) in [5.41, 5.74) is 0. The first-order chi connectivity index (χ1) is 2.41. The van der Waals surface area contributed by atoms with Crippen LogP contribution >= 0.6 is 0 Å². The molecule has 0 aliphatic rings. The van der Waals surface area contributed by atoms with Crippen molar-refractivity contribution in [2.45, 2.75) is 13.8 Å². The summed E-state index contributed by atoms with van der Waals surface area (Å²) in [5.74, 6) is 0. The molecule has 0 unspecified atom stereocenters. The molecule has 0 heterocycles. The number of hydrogen-bond donors (Lipinski definition) is 1. The molecule has 35 valence electrons. The highest BCUT2D eigenvalue weighted by atomic mass is 27.0. The highest BCUT2D eigenvalue weighted by Crippen LogP contribution is 1.47. The number of nitrogens with one attached hydrogen (secondary N) is 1. The van der Waals surface area contributed by atoms with E-state index in [2.05, 4.69) is 19.2 Å². The van der Waals surface area contributed by atoms with Gasteiger partial charge in [0.05, 0.1) is 0 Å². The Morgan fingerprint density at radius 2 is 1.50 bits per heavy atom. The third-order valence-corrected chi connectivity index (χ3v) is 0.500. The Bertz CT molecular complexity index is 15.0. The van der Waals surface area contributed by atoms with Gasteiger partial charge in [0, 0.05) is 17.4 Å². The Kier molecular flexibility index (Phi) is 14.7. The molecule has 0 spiro atoms. The van der Waals surface area contributed by atoms with Gasteiger partial charge in [-0.3, -0.25) is 0 Å². The number of rotatable bonds is 2. The predicted octanol–water partition coefficient (Wildman–Crippen LogP) is 0.235. The molecule has 0 bridgehead atoms. The molecule has 0 aliphatic heterocycles. The standard InChI is InChI=1S/C4H11N.Al/c1-3-5-4-2;/h5H,3-4H2,1-2H3;. The van der Waals surface area contributed by atoms with Gasteiger partial charge in [0.1, 0.15) is 0 Å². The van der Waals surface area contributed by atoms with E-state index in [-0.39, 0.29) is 17.4 Å². The van der Waals surface area contributed by atoms with Crippen LogP contribution in [0, 0.1) is 0 Å². The van der Waals surface area contributed by atoms with Gasteiger partial charge in [-0.25, -0.2) is 0 Å². The first-order valence-corrected chi connectivity index (χ1v) is 2.12. The second-order valence-corrected chi connectivity index (χ2v) is 0.957. The summed E-state index contributed by atoms with van der Waals surface area (Å²) in [4.78, 5) is 0. The van der Waals surface area contributed by atoms with Crippen LogP contribution < -0.4 is 5.32 Å². The van der Waals surface area contributed by atoms with E-state index in [1.807, 2.05) is 0 Å². The highest BCUT2D eigenvalue weighted by molar-refractivity contribution is 5.75. The summed E-state index contributed by atoms with van der Waals surface area (Å²) in [6, 6.07) is 0. The van der Waals surface area contributed by atoms with Crippen LogP contribution in [0.25, 0.3) is 0 Å². The maximum Gasteiger partial charge on any atom is 0 e. The Labute approximate surface area is 50.3 Å². The average molecular weight is 100 g/mol. The topological polar surface area (TPSA) is 12.0 Å². The molecule has 0 rings (SSSR count). The minimum absolute atomic E-state index is 0. The molecule has 0 amide bonds. The Hall–Kier alpha value is 0.492. The average Bonchev–Trinajstić information content (AvgIpc) is 1.41. The van der Waals surface area contributed by atoms with Gasteiger partial charge in [0.15, 0.2) is 0 Å². The van der Waals surface area contributed by atoms with E-state index in [0.717, 1.165) is 13.1 Å². The molecule has 0 atom stereocenters. The van der Waals surface area contributed by atoms with E-state index in [4.69, 9.17) is 0 Å². The van der Waals surface area contributed by atoms with Gasteiger partial charge in [0.2, 0.25) is 0 Å². The van der Waals surface area contributed by atoms with E-state index >= 15 is 0 Å².